The Kier molecular flexibility index (Phi) is 3.42. The van der Waals surface area contributed by atoms with E-state index in [1.165, 1.54) is 6.07 Å². The third-order valence-electron chi connectivity index (χ3n) is 2.20. The molecule has 2 heteroatoms. The number of rotatable bonds is 3. The molecule has 1 nitrogen and oxygen atoms in total. The SMILES string of the molecule is C=CCC(O)c1c(C)cc(C)cc1F. The van der Waals surface area contributed by atoms with Crippen molar-refractivity contribution in [2.75, 3.05) is 0 Å². The molecule has 0 amide bonds. The van der Waals surface area contributed by atoms with Gasteiger partial charge in [0.2, 0.25) is 0 Å². The van der Waals surface area contributed by atoms with Crippen molar-refractivity contribution in [2.45, 2.75) is 26.4 Å². The minimum atomic E-state index is -0.784. The summed E-state index contributed by atoms with van der Waals surface area (Å²) in [6, 6.07) is 3.30. The molecule has 0 aromatic heterocycles. The summed E-state index contributed by atoms with van der Waals surface area (Å²) in [5, 5.41) is 9.66. The van der Waals surface area contributed by atoms with Crippen molar-refractivity contribution in [1.29, 1.82) is 0 Å². The molecule has 0 spiro atoms. The molecule has 14 heavy (non-hydrogen) atoms. The Balaban J connectivity index is 3.13. The molecule has 0 saturated carbocycles. The second-order valence-electron chi connectivity index (χ2n) is 3.52. The summed E-state index contributed by atoms with van der Waals surface area (Å²) in [4.78, 5) is 0. The summed E-state index contributed by atoms with van der Waals surface area (Å²) < 4.78 is 13.5. The molecule has 1 aromatic rings. The van der Waals surface area contributed by atoms with Crippen LogP contribution < -0.4 is 0 Å². The van der Waals surface area contributed by atoms with Gasteiger partial charge >= 0.3 is 0 Å². The van der Waals surface area contributed by atoms with Gasteiger partial charge in [-0.2, -0.15) is 0 Å². The zero-order valence-corrected chi connectivity index (χ0v) is 8.55. The first-order chi connectivity index (χ1) is 6.56. The minimum Gasteiger partial charge on any atom is -0.388 e. The van der Waals surface area contributed by atoms with Gasteiger partial charge in [-0.25, -0.2) is 4.39 Å². The lowest BCUT2D eigenvalue weighted by molar-refractivity contribution is 0.176. The predicted octanol–water partition coefficient (Wildman–Crippen LogP) is 3.05. The Bertz CT molecular complexity index is 321. The molecule has 0 bridgehead atoms. The molecule has 0 aliphatic heterocycles. The molecule has 0 radical (unpaired) electrons. The van der Waals surface area contributed by atoms with Crippen molar-refractivity contribution in [2.24, 2.45) is 0 Å². The van der Waals surface area contributed by atoms with Gasteiger partial charge in [0.1, 0.15) is 5.82 Å². The minimum absolute atomic E-state index is 0.336. The van der Waals surface area contributed by atoms with Crippen LogP contribution in [0.2, 0.25) is 0 Å². The molecule has 0 aliphatic rings. The maximum absolute atomic E-state index is 13.5. The second kappa shape index (κ2) is 4.38. The van der Waals surface area contributed by atoms with E-state index < -0.39 is 6.10 Å². The van der Waals surface area contributed by atoms with Crippen LogP contribution in [0.1, 0.15) is 29.2 Å². The molecule has 76 valence electrons. The Hall–Kier alpha value is -1.15. The van der Waals surface area contributed by atoms with Gasteiger partial charge in [0, 0.05) is 5.56 Å². The van der Waals surface area contributed by atoms with Crippen LogP contribution in [-0.2, 0) is 0 Å². The Labute approximate surface area is 83.9 Å². The molecular formula is C12H15FO. The lowest BCUT2D eigenvalue weighted by Gasteiger charge is -2.13. The van der Waals surface area contributed by atoms with E-state index in [2.05, 4.69) is 6.58 Å². The molecule has 1 N–H and O–H groups in total. The third-order valence-corrected chi connectivity index (χ3v) is 2.20. The van der Waals surface area contributed by atoms with Crippen molar-refractivity contribution < 1.29 is 9.50 Å². The van der Waals surface area contributed by atoms with Gasteiger partial charge in [-0.15, -0.1) is 6.58 Å². The van der Waals surface area contributed by atoms with E-state index in [1.54, 1.807) is 13.0 Å². The number of aliphatic hydroxyl groups is 1. The van der Waals surface area contributed by atoms with E-state index in [-0.39, 0.29) is 5.82 Å². The average molecular weight is 194 g/mol. The van der Waals surface area contributed by atoms with Gasteiger partial charge in [-0.3, -0.25) is 0 Å². The van der Waals surface area contributed by atoms with Crippen LogP contribution in [-0.4, -0.2) is 5.11 Å². The Morgan fingerprint density at radius 3 is 2.64 bits per heavy atom. The van der Waals surface area contributed by atoms with Gasteiger partial charge in [-0.05, 0) is 37.5 Å². The van der Waals surface area contributed by atoms with Crippen molar-refractivity contribution in [3.8, 4) is 0 Å². The number of hydrogen-bond donors (Lipinski definition) is 1. The Morgan fingerprint density at radius 2 is 2.14 bits per heavy atom. The van der Waals surface area contributed by atoms with Crippen LogP contribution in [0, 0.1) is 19.7 Å². The second-order valence-corrected chi connectivity index (χ2v) is 3.52. The van der Waals surface area contributed by atoms with E-state index in [1.807, 2.05) is 13.0 Å². The summed E-state index contributed by atoms with van der Waals surface area (Å²) in [5.74, 6) is -0.336. The maximum atomic E-state index is 13.5. The number of aryl methyl sites for hydroxylation is 2. The van der Waals surface area contributed by atoms with E-state index in [4.69, 9.17) is 0 Å². The zero-order chi connectivity index (χ0) is 10.7. The summed E-state index contributed by atoms with van der Waals surface area (Å²) in [6.45, 7) is 7.16. The fourth-order valence-electron chi connectivity index (χ4n) is 1.62. The fraction of sp³-hybridized carbons (Fsp3) is 0.333. The highest BCUT2D eigenvalue weighted by molar-refractivity contribution is 5.33. The highest BCUT2D eigenvalue weighted by Crippen LogP contribution is 2.25. The molecule has 0 heterocycles. The topological polar surface area (TPSA) is 20.2 Å². The monoisotopic (exact) mass is 194 g/mol. The molecule has 0 fully saturated rings. The summed E-state index contributed by atoms with van der Waals surface area (Å²) in [7, 11) is 0. The largest absolute Gasteiger partial charge is 0.388 e. The zero-order valence-electron chi connectivity index (χ0n) is 8.55. The molecule has 1 atom stereocenters. The van der Waals surface area contributed by atoms with Gasteiger partial charge in [0.15, 0.2) is 0 Å². The normalized spacial score (nSPS) is 12.6. The van der Waals surface area contributed by atoms with Crippen LogP contribution in [0.25, 0.3) is 0 Å². The van der Waals surface area contributed by atoms with E-state index in [0.717, 1.165) is 11.1 Å². The van der Waals surface area contributed by atoms with E-state index in [0.29, 0.717) is 12.0 Å². The van der Waals surface area contributed by atoms with Crippen molar-refractivity contribution in [3.63, 3.8) is 0 Å². The molecule has 1 aromatic carbocycles. The number of benzene rings is 1. The van der Waals surface area contributed by atoms with Crippen molar-refractivity contribution >= 4 is 0 Å². The predicted molar refractivity (Wildman–Crippen MR) is 55.6 cm³/mol. The number of halogens is 1. The van der Waals surface area contributed by atoms with Crippen LogP contribution in [0.4, 0.5) is 4.39 Å². The molecule has 0 saturated heterocycles. The van der Waals surface area contributed by atoms with Gasteiger partial charge in [-0.1, -0.05) is 12.1 Å². The van der Waals surface area contributed by atoms with E-state index in [9.17, 15) is 9.50 Å². The third kappa shape index (κ3) is 2.20. The van der Waals surface area contributed by atoms with E-state index >= 15 is 0 Å². The van der Waals surface area contributed by atoms with Gasteiger partial charge in [0.25, 0.3) is 0 Å². The first-order valence-electron chi connectivity index (χ1n) is 4.62. The van der Waals surface area contributed by atoms with Crippen LogP contribution in [0.3, 0.4) is 0 Å². The molecular weight excluding hydrogens is 179 g/mol. The number of hydrogen-bond acceptors (Lipinski definition) is 1. The lowest BCUT2D eigenvalue weighted by atomic mass is 9.98. The first-order valence-corrected chi connectivity index (χ1v) is 4.62. The van der Waals surface area contributed by atoms with Crippen molar-refractivity contribution in [1.82, 2.24) is 0 Å². The highest BCUT2D eigenvalue weighted by atomic mass is 19.1. The smallest absolute Gasteiger partial charge is 0.129 e. The molecule has 0 aliphatic carbocycles. The standard InChI is InChI=1S/C12H15FO/c1-4-5-11(14)12-9(3)6-8(2)7-10(12)13/h4,6-7,11,14H,1,5H2,2-3H3. The molecule has 1 rings (SSSR count). The van der Waals surface area contributed by atoms with Gasteiger partial charge in [0.05, 0.1) is 6.10 Å². The number of aliphatic hydroxyl groups excluding tert-OH is 1. The van der Waals surface area contributed by atoms with Crippen LogP contribution in [0.15, 0.2) is 24.8 Å². The summed E-state index contributed by atoms with van der Waals surface area (Å²) >= 11 is 0. The average Bonchev–Trinajstić information content (AvgIpc) is 2.01. The lowest BCUT2D eigenvalue weighted by Crippen LogP contribution is -2.03. The summed E-state index contributed by atoms with van der Waals surface area (Å²) in [5.41, 5.74) is 2.04. The van der Waals surface area contributed by atoms with Crippen LogP contribution in [0.5, 0.6) is 0 Å². The Morgan fingerprint density at radius 1 is 1.50 bits per heavy atom. The summed E-state index contributed by atoms with van der Waals surface area (Å²) in [6.07, 6.45) is 1.18. The first kappa shape index (κ1) is 10.9. The molecule has 1 unspecified atom stereocenters. The fourth-order valence-corrected chi connectivity index (χ4v) is 1.62. The highest BCUT2D eigenvalue weighted by Gasteiger charge is 2.14. The van der Waals surface area contributed by atoms with Crippen molar-refractivity contribution in [3.05, 3.63) is 47.3 Å². The maximum Gasteiger partial charge on any atom is 0.129 e. The van der Waals surface area contributed by atoms with Crippen LogP contribution >= 0.6 is 0 Å². The quantitative estimate of drug-likeness (QED) is 0.733. The van der Waals surface area contributed by atoms with Gasteiger partial charge < -0.3 is 5.11 Å².